The molecule has 0 atom stereocenters. The Morgan fingerprint density at radius 3 is 2.54 bits per heavy atom. The first-order chi connectivity index (χ1) is 12.5. The predicted octanol–water partition coefficient (Wildman–Crippen LogP) is 1.62. The van der Waals surface area contributed by atoms with E-state index in [4.69, 9.17) is 10.00 Å². The molecule has 3 rings (SSSR count). The van der Waals surface area contributed by atoms with E-state index >= 15 is 0 Å². The van der Waals surface area contributed by atoms with Crippen molar-refractivity contribution in [1.29, 1.82) is 5.26 Å². The largest absolute Gasteiger partial charge is 0.481 e. The third-order valence-corrected chi connectivity index (χ3v) is 6.19. The lowest BCUT2D eigenvalue weighted by molar-refractivity contribution is 0.329. The third-order valence-electron chi connectivity index (χ3n) is 4.28. The quantitative estimate of drug-likeness (QED) is 0.848. The molecule has 0 aliphatic carbocycles. The van der Waals surface area contributed by atoms with Gasteiger partial charge in [-0.25, -0.2) is 18.4 Å². The van der Waals surface area contributed by atoms with Crippen LogP contribution in [0.3, 0.4) is 0 Å². The third kappa shape index (κ3) is 3.92. The minimum Gasteiger partial charge on any atom is -0.481 e. The summed E-state index contributed by atoms with van der Waals surface area (Å²) in [6.07, 6.45) is 2.76. The molecule has 1 N–H and O–H groups in total. The minimum atomic E-state index is -3.54. The molecule has 0 radical (unpaired) electrons. The molecule has 8 nitrogen and oxygen atoms in total. The standard InChI is InChI=1S/C17H19N5O3S/c1-25-17-10-16(19-12-20-17)21-14-6-8-22(9-7-14)26(23,24)15-4-2-13(11-18)3-5-15/h2-5,10,12,14H,6-9H2,1H3,(H,19,20,21). The van der Waals surface area contributed by atoms with E-state index in [0.717, 1.165) is 0 Å². The number of anilines is 1. The molecule has 26 heavy (non-hydrogen) atoms. The maximum Gasteiger partial charge on any atom is 0.243 e. The minimum absolute atomic E-state index is 0.127. The summed E-state index contributed by atoms with van der Waals surface area (Å²) in [5.74, 6) is 1.13. The fourth-order valence-corrected chi connectivity index (χ4v) is 4.30. The first-order valence-corrected chi connectivity index (χ1v) is 9.60. The van der Waals surface area contributed by atoms with Gasteiger partial charge in [-0.1, -0.05) is 0 Å². The van der Waals surface area contributed by atoms with E-state index in [2.05, 4.69) is 15.3 Å². The van der Waals surface area contributed by atoms with Crippen LogP contribution in [0.25, 0.3) is 0 Å². The molecule has 1 fully saturated rings. The van der Waals surface area contributed by atoms with Crippen molar-refractivity contribution in [3.05, 3.63) is 42.2 Å². The van der Waals surface area contributed by atoms with Crippen LogP contribution in [-0.2, 0) is 10.0 Å². The van der Waals surface area contributed by atoms with Gasteiger partial charge >= 0.3 is 0 Å². The first kappa shape index (κ1) is 18.1. The van der Waals surface area contributed by atoms with Gasteiger partial charge in [-0.2, -0.15) is 9.57 Å². The number of benzene rings is 1. The number of nitrogens with one attached hydrogen (secondary N) is 1. The van der Waals surface area contributed by atoms with E-state index in [-0.39, 0.29) is 10.9 Å². The van der Waals surface area contributed by atoms with Gasteiger partial charge in [-0.3, -0.25) is 0 Å². The molecule has 0 amide bonds. The SMILES string of the molecule is COc1cc(NC2CCN(S(=O)(=O)c3ccc(C#N)cc3)CC2)ncn1. The molecule has 0 bridgehead atoms. The summed E-state index contributed by atoms with van der Waals surface area (Å²) in [5, 5.41) is 12.1. The highest BCUT2D eigenvalue weighted by atomic mass is 32.2. The van der Waals surface area contributed by atoms with Gasteiger partial charge < -0.3 is 10.1 Å². The lowest BCUT2D eigenvalue weighted by Crippen LogP contribution is -2.42. The second-order valence-corrected chi connectivity index (χ2v) is 7.84. The second-order valence-electron chi connectivity index (χ2n) is 5.90. The number of aromatic nitrogens is 2. The van der Waals surface area contributed by atoms with Crippen LogP contribution < -0.4 is 10.1 Å². The topological polar surface area (TPSA) is 108 Å². The van der Waals surface area contributed by atoms with Crippen LogP contribution in [-0.4, -0.2) is 48.9 Å². The molecule has 0 unspecified atom stereocenters. The van der Waals surface area contributed by atoms with Crippen LogP contribution in [0.15, 0.2) is 41.6 Å². The lowest BCUT2D eigenvalue weighted by atomic mass is 10.1. The highest BCUT2D eigenvalue weighted by Crippen LogP contribution is 2.23. The fraction of sp³-hybridized carbons (Fsp3) is 0.353. The van der Waals surface area contributed by atoms with Gasteiger partial charge in [-0.15, -0.1) is 0 Å². The molecule has 1 aliphatic rings. The van der Waals surface area contributed by atoms with Crippen molar-refractivity contribution in [3.63, 3.8) is 0 Å². The van der Waals surface area contributed by atoms with Crippen LogP contribution in [0.1, 0.15) is 18.4 Å². The Balaban J connectivity index is 1.62. The highest BCUT2D eigenvalue weighted by molar-refractivity contribution is 7.89. The number of hydrogen-bond acceptors (Lipinski definition) is 7. The average Bonchev–Trinajstić information content (AvgIpc) is 2.68. The van der Waals surface area contributed by atoms with Gasteiger partial charge in [0.1, 0.15) is 12.1 Å². The summed E-state index contributed by atoms with van der Waals surface area (Å²) < 4.78 is 32.0. The van der Waals surface area contributed by atoms with E-state index in [1.165, 1.54) is 34.9 Å². The van der Waals surface area contributed by atoms with Crippen LogP contribution in [0.5, 0.6) is 5.88 Å². The van der Waals surface area contributed by atoms with Crippen molar-refractivity contribution in [1.82, 2.24) is 14.3 Å². The molecule has 0 spiro atoms. The number of rotatable bonds is 5. The molecule has 1 aromatic carbocycles. The van der Waals surface area contributed by atoms with Crippen molar-refractivity contribution in [3.8, 4) is 11.9 Å². The zero-order valence-corrected chi connectivity index (χ0v) is 15.1. The fourth-order valence-electron chi connectivity index (χ4n) is 2.83. The van der Waals surface area contributed by atoms with E-state index in [1.807, 2.05) is 6.07 Å². The number of nitriles is 1. The van der Waals surface area contributed by atoms with Crippen molar-refractivity contribution >= 4 is 15.8 Å². The van der Waals surface area contributed by atoms with Crippen LogP contribution in [0.2, 0.25) is 0 Å². The van der Waals surface area contributed by atoms with Crippen molar-refractivity contribution < 1.29 is 13.2 Å². The monoisotopic (exact) mass is 373 g/mol. The van der Waals surface area contributed by atoms with Crippen LogP contribution in [0, 0.1) is 11.3 Å². The van der Waals surface area contributed by atoms with Crippen molar-refractivity contribution in [2.24, 2.45) is 0 Å². The van der Waals surface area contributed by atoms with Gasteiger partial charge in [0.05, 0.1) is 23.6 Å². The summed E-state index contributed by atoms with van der Waals surface area (Å²) in [5.41, 5.74) is 0.437. The maximum absolute atomic E-state index is 12.7. The highest BCUT2D eigenvalue weighted by Gasteiger charge is 2.29. The number of methoxy groups -OCH3 is 1. The van der Waals surface area contributed by atoms with E-state index in [0.29, 0.717) is 43.2 Å². The average molecular weight is 373 g/mol. The van der Waals surface area contributed by atoms with Gasteiger partial charge in [-0.05, 0) is 37.1 Å². The molecule has 1 aromatic heterocycles. The number of sulfonamides is 1. The molecule has 2 heterocycles. The molecule has 1 saturated heterocycles. The smallest absolute Gasteiger partial charge is 0.243 e. The lowest BCUT2D eigenvalue weighted by Gasteiger charge is -2.31. The van der Waals surface area contributed by atoms with Gasteiger partial charge in [0, 0.05) is 25.2 Å². The Hall–Kier alpha value is -2.70. The summed E-state index contributed by atoms with van der Waals surface area (Å²) in [4.78, 5) is 8.32. The Kier molecular flexibility index (Phi) is 5.35. The zero-order chi connectivity index (χ0) is 18.6. The van der Waals surface area contributed by atoms with Gasteiger partial charge in [0.15, 0.2) is 0 Å². The molecule has 0 saturated carbocycles. The molecule has 136 valence electrons. The second kappa shape index (κ2) is 7.68. The first-order valence-electron chi connectivity index (χ1n) is 8.16. The van der Waals surface area contributed by atoms with E-state index < -0.39 is 10.0 Å². The Bertz CT molecular complexity index is 901. The van der Waals surface area contributed by atoms with Crippen LogP contribution >= 0.6 is 0 Å². The number of piperidine rings is 1. The normalized spacial score (nSPS) is 16.0. The summed E-state index contributed by atoms with van der Waals surface area (Å²) in [6, 6.07) is 9.81. The zero-order valence-electron chi connectivity index (χ0n) is 14.3. The van der Waals surface area contributed by atoms with Crippen LogP contribution in [0.4, 0.5) is 5.82 Å². The Labute approximate surface area is 152 Å². The summed E-state index contributed by atoms with van der Waals surface area (Å²) >= 11 is 0. The molecule has 2 aromatic rings. The van der Waals surface area contributed by atoms with Gasteiger partial charge in [0.25, 0.3) is 0 Å². The maximum atomic E-state index is 12.7. The Morgan fingerprint density at radius 2 is 1.92 bits per heavy atom. The van der Waals surface area contributed by atoms with E-state index in [9.17, 15) is 8.42 Å². The number of hydrogen-bond donors (Lipinski definition) is 1. The van der Waals surface area contributed by atoms with E-state index in [1.54, 1.807) is 13.2 Å². The summed E-state index contributed by atoms with van der Waals surface area (Å²) in [7, 11) is -2.00. The van der Waals surface area contributed by atoms with Crippen molar-refractivity contribution in [2.75, 3.05) is 25.5 Å². The molecular formula is C17H19N5O3S. The summed E-state index contributed by atoms with van der Waals surface area (Å²) in [6.45, 7) is 0.838. The number of nitrogens with zero attached hydrogens (tertiary/aromatic N) is 4. The van der Waals surface area contributed by atoms with Gasteiger partial charge in [0.2, 0.25) is 15.9 Å². The Morgan fingerprint density at radius 1 is 1.23 bits per heavy atom. The van der Waals surface area contributed by atoms with Crippen molar-refractivity contribution in [2.45, 2.75) is 23.8 Å². The molecule has 1 aliphatic heterocycles. The molecular weight excluding hydrogens is 354 g/mol. The number of ether oxygens (including phenoxy) is 1. The predicted molar refractivity (Wildman–Crippen MR) is 95.1 cm³/mol. The molecule has 9 heteroatoms.